The third-order valence-electron chi connectivity index (χ3n) is 4.67. The van der Waals surface area contributed by atoms with Gasteiger partial charge in [0.1, 0.15) is 0 Å². The summed E-state index contributed by atoms with van der Waals surface area (Å²) in [5.74, 6) is -2.25. The number of carboxylic acids is 1. The Morgan fingerprint density at radius 1 is 0.903 bits per heavy atom. The average Bonchev–Trinajstić information content (AvgIpc) is 2.75. The summed E-state index contributed by atoms with van der Waals surface area (Å²) in [6, 6.07) is 22.6. The number of rotatable bonds is 9. The number of carbonyl (C=O) groups is 1. The highest BCUT2D eigenvalue weighted by Gasteiger charge is 2.41. The van der Waals surface area contributed by atoms with E-state index in [1.54, 1.807) is 24.3 Å². The summed E-state index contributed by atoms with van der Waals surface area (Å²) in [6.07, 6.45) is 0. The van der Waals surface area contributed by atoms with Gasteiger partial charge in [-0.3, -0.25) is 0 Å². The lowest BCUT2D eigenvalue weighted by Gasteiger charge is -2.23. The number of hydrogen-bond acceptors (Lipinski definition) is 5. The zero-order chi connectivity index (χ0) is 22.5. The Kier molecular flexibility index (Phi) is 7.43. The predicted octanol–water partition coefficient (Wildman–Crippen LogP) is 4.53. The topological polar surface area (TPSA) is 91.7 Å². The van der Waals surface area contributed by atoms with Crippen LogP contribution in [0.15, 0.2) is 83.8 Å². The Morgan fingerprint density at radius 2 is 1.45 bits per heavy atom. The van der Waals surface area contributed by atoms with Crippen molar-refractivity contribution in [1.29, 1.82) is 0 Å². The van der Waals surface area contributed by atoms with Crippen LogP contribution in [0.2, 0.25) is 5.02 Å². The Bertz CT molecular complexity index is 1130. The van der Waals surface area contributed by atoms with Gasteiger partial charge in [0.15, 0.2) is 15.4 Å². The van der Waals surface area contributed by atoms with Crippen LogP contribution >= 0.6 is 23.4 Å². The van der Waals surface area contributed by atoms with Gasteiger partial charge < -0.3 is 10.2 Å². The number of halogens is 1. The normalized spacial score (nSPS) is 13.5. The second-order valence-electron chi connectivity index (χ2n) is 7.11. The van der Waals surface area contributed by atoms with Gasteiger partial charge in [-0.15, -0.1) is 0 Å². The summed E-state index contributed by atoms with van der Waals surface area (Å²) in [6.45, 7) is 0. The second-order valence-corrected chi connectivity index (χ2v) is 10.5. The van der Waals surface area contributed by atoms with Gasteiger partial charge in [0.05, 0.1) is 10.6 Å². The number of carboxylic acid groups (broad SMARTS) is 1. The Labute approximate surface area is 190 Å². The van der Waals surface area contributed by atoms with E-state index in [1.165, 1.54) is 23.9 Å². The highest BCUT2D eigenvalue weighted by atomic mass is 35.5. The van der Waals surface area contributed by atoms with Crippen molar-refractivity contribution in [1.82, 2.24) is 0 Å². The molecule has 0 radical (unpaired) electrons. The lowest BCUT2D eigenvalue weighted by Crippen LogP contribution is -2.47. The maximum atomic E-state index is 12.8. The summed E-state index contributed by atoms with van der Waals surface area (Å²) < 4.78 is 25.7. The SMILES string of the molecule is O=C(O)C(O)(CSCc1ccccc1)CS(=O)(=O)c1ccc(-c2ccc(Cl)cc2)cc1. The van der Waals surface area contributed by atoms with Crippen LogP contribution < -0.4 is 0 Å². The van der Waals surface area contributed by atoms with Gasteiger partial charge in [0, 0.05) is 16.5 Å². The minimum Gasteiger partial charge on any atom is -0.479 e. The monoisotopic (exact) mass is 476 g/mol. The molecule has 0 heterocycles. The molecule has 162 valence electrons. The van der Waals surface area contributed by atoms with E-state index in [0.29, 0.717) is 10.8 Å². The Hall–Kier alpha value is -2.32. The van der Waals surface area contributed by atoms with Crippen LogP contribution in [0.1, 0.15) is 5.56 Å². The molecular weight excluding hydrogens is 456 g/mol. The van der Waals surface area contributed by atoms with Crippen molar-refractivity contribution in [3.63, 3.8) is 0 Å². The molecule has 0 aliphatic rings. The number of aliphatic hydroxyl groups is 1. The van der Waals surface area contributed by atoms with E-state index in [2.05, 4.69) is 0 Å². The van der Waals surface area contributed by atoms with Gasteiger partial charge in [-0.25, -0.2) is 13.2 Å². The standard InChI is InChI=1S/C23H21ClO5S2/c24-20-10-6-18(7-11-20)19-8-12-21(13-9-19)31(28,29)16-23(27,22(25)26)15-30-14-17-4-2-1-3-5-17/h1-13,27H,14-16H2,(H,25,26). The summed E-state index contributed by atoms with van der Waals surface area (Å²) in [7, 11) is -4.03. The third-order valence-corrected chi connectivity index (χ3v) is 7.99. The number of aliphatic carboxylic acids is 1. The lowest BCUT2D eigenvalue weighted by atomic mass is 10.1. The molecule has 0 aliphatic heterocycles. The van der Waals surface area contributed by atoms with Crippen LogP contribution in [-0.2, 0) is 20.4 Å². The first-order chi connectivity index (χ1) is 14.7. The lowest BCUT2D eigenvalue weighted by molar-refractivity contribution is -0.153. The average molecular weight is 477 g/mol. The fourth-order valence-corrected chi connectivity index (χ4v) is 5.89. The summed E-state index contributed by atoms with van der Waals surface area (Å²) >= 11 is 7.06. The largest absolute Gasteiger partial charge is 0.479 e. The maximum Gasteiger partial charge on any atom is 0.337 e. The highest BCUT2D eigenvalue weighted by Crippen LogP contribution is 2.26. The first kappa shape index (κ1) is 23.3. The molecule has 0 amide bonds. The number of benzene rings is 3. The fraction of sp³-hybridized carbons (Fsp3) is 0.174. The molecule has 0 bridgehead atoms. The van der Waals surface area contributed by atoms with E-state index < -0.39 is 27.2 Å². The molecule has 3 aromatic rings. The highest BCUT2D eigenvalue weighted by molar-refractivity contribution is 7.98. The molecule has 0 saturated heterocycles. The van der Waals surface area contributed by atoms with Crippen LogP contribution in [0.3, 0.4) is 0 Å². The Morgan fingerprint density at radius 3 is 2.00 bits per heavy atom. The van der Waals surface area contributed by atoms with Crippen molar-refractivity contribution in [2.75, 3.05) is 11.5 Å². The van der Waals surface area contributed by atoms with Crippen molar-refractivity contribution in [2.24, 2.45) is 0 Å². The molecule has 0 saturated carbocycles. The van der Waals surface area contributed by atoms with Gasteiger partial charge in [0.25, 0.3) is 0 Å². The van der Waals surface area contributed by atoms with Crippen molar-refractivity contribution in [3.05, 3.63) is 89.4 Å². The number of sulfone groups is 1. The zero-order valence-corrected chi connectivity index (χ0v) is 18.8. The van der Waals surface area contributed by atoms with E-state index in [9.17, 15) is 23.4 Å². The summed E-state index contributed by atoms with van der Waals surface area (Å²) in [5.41, 5.74) is 0.226. The van der Waals surface area contributed by atoms with Gasteiger partial charge in [-0.1, -0.05) is 66.2 Å². The minimum absolute atomic E-state index is 0.0436. The summed E-state index contributed by atoms with van der Waals surface area (Å²) in [5, 5.41) is 20.7. The Balaban J connectivity index is 1.72. The van der Waals surface area contributed by atoms with E-state index >= 15 is 0 Å². The van der Waals surface area contributed by atoms with Gasteiger partial charge in [0.2, 0.25) is 0 Å². The first-order valence-electron chi connectivity index (χ1n) is 9.36. The summed E-state index contributed by atoms with van der Waals surface area (Å²) in [4.78, 5) is 11.7. The molecule has 5 nitrogen and oxygen atoms in total. The smallest absolute Gasteiger partial charge is 0.337 e. The van der Waals surface area contributed by atoms with E-state index in [-0.39, 0.29) is 10.6 Å². The molecule has 0 aliphatic carbocycles. The second kappa shape index (κ2) is 9.87. The van der Waals surface area contributed by atoms with E-state index in [4.69, 9.17) is 11.6 Å². The molecule has 0 spiro atoms. The van der Waals surface area contributed by atoms with Crippen molar-refractivity contribution < 1.29 is 23.4 Å². The molecule has 0 fully saturated rings. The van der Waals surface area contributed by atoms with Crippen LogP contribution in [0.5, 0.6) is 0 Å². The van der Waals surface area contributed by atoms with E-state index in [1.807, 2.05) is 42.5 Å². The number of hydrogen-bond donors (Lipinski definition) is 2. The van der Waals surface area contributed by atoms with Crippen molar-refractivity contribution >= 4 is 39.2 Å². The molecule has 3 aromatic carbocycles. The van der Waals surface area contributed by atoms with Crippen LogP contribution in [-0.4, -0.2) is 41.7 Å². The van der Waals surface area contributed by atoms with E-state index in [0.717, 1.165) is 16.7 Å². The van der Waals surface area contributed by atoms with Gasteiger partial charge in [-0.05, 0) is 41.0 Å². The molecule has 1 unspecified atom stereocenters. The van der Waals surface area contributed by atoms with Gasteiger partial charge >= 0.3 is 5.97 Å². The van der Waals surface area contributed by atoms with Crippen LogP contribution in [0.25, 0.3) is 11.1 Å². The van der Waals surface area contributed by atoms with Crippen molar-refractivity contribution in [3.8, 4) is 11.1 Å². The molecular formula is C23H21ClO5S2. The molecule has 0 aromatic heterocycles. The molecule has 8 heteroatoms. The first-order valence-corrected chi connectivity index (χ1v) is 12.5. The molecule has 3 rings (SSSR count). The zero-order valence-electron chi connectivity index (χ0n) is 16.4. The number of thioether (sulfide) groups is 1. The van der Waals surface area contributed by atoms with Crippen LogP contribution in [0.4, 0.5) is 0 Å². The predicted molar refractivity (Wildman–Crippen MR) is 124 cm³/mol. The molecule has 1 atom stereocenters. The van der Waals surface area contributed by atoms with Crippen LogP contribution in [0, 0.1) is 0 Å². The van der Waals surface area contributed by atoms with Crippen molar-refractivity contribution in [2.45, 2.75) is 16.2 Å². The minimum atomic E-state index is -4.03. The third kappa shape index (κ3) is 6.11. The molecule has 31 heavy (non-hydrogen) atoms. The molecule has 2 N–H and O–H groups in total. The maximum absolute atomic E-state index is 12.8. The quantitative estimate of drug-likeness (QED) is 0.471. The van der Waals surface area contributed by atoms with Gasteiger partial charge in [-0.2, -0.15) is 11.8 Å². The fourth-order valence-electron chi connectivity index (χ4n) is 2.97.